The molecule has 1 fully saturated rings. The van der Waals surface area contributed by atoms with E-state index in [2.05, 4.69) is 35.4 Å². The summed E-state index contributed by atoms with van der Waals surface area (Å²) in [5.41, 5.74) is 2.96. The van der Waals surface area contributed by atoms with Crippen LogP contribution in [0.2, 0.25) is 5.02 Å². The molecule has 0 aliphatic carbocycles. The van der Waals surface area contributed by atoms with E-state index in [4.69, 9.17) is 11.6 Å². The first kappa shape index (κ1) is 22.4. The smallest absolute Gasteiger partial charge is 0.324 e. The fourth-order valence-corrected chi connectivity index (χ4v) is 4.69. The number of aromatic nitrogens is 3. The maximum absolute atomic E-state index is 12.9. The average Bonchev–Trinajstić information content (AvgIpc) is 3.39. The zero-order chi connectivity index (χ0) is 22.8. The molecule has 3 aromatic rings. The Hall–Kier alpha value is -2.84. The molecule has 1 aromatic heterocycles. The molecule has 9 heteroatoms. The van der Waals surface area contributed by atoms with Crippen LogP contribution in [0, 0.1) is 0 Å². The van der Waals surface area contributed by atoms with Crippen molar-refractivity contribution < 1.29 is 9.59 Å². The highest BCUT2D eigenvalue weighted by Gasteiger charge is 2.31. The number of hydrogen-bond donors (Lipinski definition) is 1. The quantitative estimate of drug-likeness (QED) is 0.527. The van der Waals surface area contributed by atoms with Gasteiger partial charge in [-0.2, -0.15) is 0 Å². The summed E-state index contributed by atoms with van der Waals surface area (Å²) in [5, 5.41) is 12.3. The van der Waals surface area contributed by atoms with Crippen LogP contribution >= 0.6 is 23.4 Å². The molecule has 1 atom stereocenters. The molecule has 32 heavy (non-hydrogen) atoms. The van der Waals surface area contributed by atoms with Crippen molar-refractivity contribution in [3.05, 3.63) is 59.1 Å². The molecule has 2 heterocycles. The lowest BCUT2D eigenvalue weighted by Gasteiger charge is -2.19. The van der Waals surface area contributed by atoms with Crippen molar-refractivity contribution in [2.75, 3.05) is 13.1 Å². The summed E-state index contributed by atoms with van der Waals surface area (Å²) in [7, 11) is 0. The second kappa shape index (κ2) is 9.34. The van der Waals surface area contributed by atoms with E-state index in [1.54, 1.807) is 6.92 Å². The number of urea groups is 1. The predicted molar refractivity (Wildman–Crippen MR) is 126 cm³/mol. The Morgan fingerprint density at radius 2 is 1.81 bits per heavy atom. The summed E-state index contributed by atoms with van der Waals surface area (Å²) in [6, 6.07) is 15.2. The van der Waals surface area contributed by atoms with Crippen molar-refractivity contribution >= 4 is 35.3 Å². The largest absolute Gasteiger partial charge is 0.336 e. The molecule has 0 saturated carbocycles. The first-order valence-electron chi connectivity index (χ1n) is 10.4. The van der Waals surface area contributed by atoms with Gasteiger partial charge in [-0.15, -0.1) is 10.2 Å². The van der Waals surface area contributed by atoms with Crippen molar-refractivity contribution in [1.82, 2.24) is 25.0 Å². The Balaban J connectivity index is 1.77. The number of thioether (sulfide) groups is 1. The molecule has 1 N–H and O–H groups in total. The van der Waals surface area contributed by atoms with Crippen LogP contribution in [0.3, 0.4) is 0 Å². The van der Waals surface area contributed by atoms with E-state index in [0.717, 1.165) is 16.8 Å². The minimum absolute atomic E-state index is 0.246. The third-order valence-corrected chi connectivity index (χ3v) is 6.57. The minimum atomic E-state index is -0.508. The molecule has 3 amide bonds. The lowest BCUT2D eigenvalue weighted by Crippen LogP contribution is -2.39. The highest BCUT2D eigenvalue weighted by molar-refractivity contribution is 8.00. The molecule has 0 radical (unpaired) electrons. The predicted octanol–water partition coefficient (Wildman–Crippen LogP) is 4.74. The monoisotopic (exact) mass is 469 g/mol. The average molecular weight is 470 g/mol. The zero-order valence-electron chi connectivity index (χ0n) is 18.1. The van der Waals surface area contributed by atoms with Gasteiger partial charge < -0.3 is 5.32 Å². The molecular formula is C23H24ClN5O2S. The van der Waals surface area contributed by atoms with Crippen LogP contribution in [0.25, 0.3) is 17.1 Å². The van der Waals surface area contributed by atoms with Gasteiger partial charge in [0.25, 0.3) is 0 Å². The Kier molecular flexibility index (Phi) is 6.53. The number of amides is 3. The van der Waals surface area contributed by atoms with Crippen molar-refractivity contribution in [2.24, 2.45) is 0 Å². The normalized spacial score (nSPS) is 14.7. The number of rotatable bonds is 6. The first-order valence-corrected chi connectivity index (χ1v) is 11.7. The van der Waals surface area contributed by atoms with Gasteiger partial charge in [0, 0.05) is 23.7 Å². The number of hydrogen-bond acceptors (Lipinski definition) is 5. The number of benzene rings is 2. The van der Waals surface area contributed by atoms with Crippen LogP contribution < -0.4 is 5.32 Å². The molecular weight excluding hydrogens is 446 g/mol. The van der Waals surface area contributed by atoms with E-state index in [0.29, 0.717) is 29.1 Å². The molecule has 1 saturated heterocycles. The summed E-state index contributed by atoms with van der Waals surface area (Å²) < 4.78 is 1.98. The van der Waals surface area contributed by atoms with Gasteiger partial charge in [0.2, 0.25) is 5.91 Å². The SMILES string of the molecule is CC(Sc1nnc(-c2ccc(Cl)cc2)n1-c1ccccc1C(C)C)C(=O)N1CCNC1=O. The highest BCUT2D eigenvalue weighted by Crippen LogP contribution is 2.34. The molecule has 1 unspecified atom stereocenters. The molecule has 166 valence electrons. The zero-order valence-corrected chi connectivity index (χ0v) is 19.7. The summed E-state index contributed by atoms with van der Waals surface area (Å²) in [5.74, 6) is 0.692. The summed E-state index contributed by atoms with van der Waals surface area (Å²) in [6.07, 6.45) is 0. The maximum Gasteiger partial charge on any atom is 0.324 e. The molecule has 0 spiro atoms. The van der Waals surface area contributed by atoms with E-state index < -0.39 is 5.25 Å². The Labute approximate surface area is 196 Å². The van der Waals surface area contributed by atoms with Gasteiger partial charge in [-0.3, -0.25) is 14.3 Å². The number of halogens is 1. The molecule has 4 rings (SSSR count). The van der Waals surface area contributed by atoms with Crippen LogP contribution in [0.5, 0.6) is 0 Å². The van der Waals surface area contributed by atoms with Gasteiger partial charge in [0.15, 0.2) is 11.0 Å². The lowest BCUT2D eigenvalue weighted by molar-refractivity contribution is -0.126. The van der Waals surface area contributed by atoms with Crippen molar-refractivity contribution in [3.63, 3.8) is 0 Å². The van der Waals surface area contributed by atoms with E-state index in [-0.39, 0.29) is 17.9 Å². The summed E-state index contributed by atoms with van der Waals surface area (Å²) in [4.78, 5) is 26.1. The molecule has 1 aliphatic rings. The van der Waals surface area contributed by atoms with E-state index in [1.165, 1.54) is 16.7 Å². The fraction of sp³-hybridized carbons (Fsp3) is 0.304. The van der Waals surface area contributed by atoms with Crippen LogP contribution in [0.1, 0.15) is 32.3 Å². The highest BCUT2D eigenvalue weighted by atomic mass is 35.5. The topological polar surface area (TPSA) is 80.1 Å². The van der Waals surface area contributed by atoms with Gasteiger partial charge >= 0.3 is 6.03 Å². The number of imide groups is 1. The Morgan fingerprint density at radius 1 is 1.09 bits per heavy atom. The van der Waals surface area contributed by atoms with E-state index >= 15 is 0 Å². The van der Waals surface area contributed by atoms with Gasteiger partial charge in [-0.1, -0.05) is 55.4 Å². The van der Waals surface area contributed by atoms with Crippen LogP contribution in [0.15, 0.2) is 53.7 Å². The lowest BCUT2D eigenvalue weighted by atomic mass is 10.0. The number of nitrogens with one attached hydrogen (secondary N) is 1. The third kappa shape index (κ3) is 4.38. The molecule has 2 aromatic carbocycles. The van der Waals surface area contributed by atoms with E-state index in [9.17, 15) is 9.59 Å². The van der Waals surface area contributed by atoms with E-state index in [1.807, 2.05) is 47.0 Å². The number of nitrogens with zero attached hydrogens (tertiary/aromatic N) is 4. The van der Waals surface area contributed by atoms with Gasteiger partial charge in [0.05, 0.1) is 10.9 Å². The summed E-state index contributed by atoms with van der Waals surface area (Å²) >= 11 is 7.38. The van der Waals surface area contributed by atoms with Crippen molar-refractivity contribution in [2.45, 2.75) is 37.1 Å². The fourth-order valence-electron chi connectivity index (χ4n) is 3.64. The second-order valence-electron chi connectivity index (χ2n) is 7.84. The number of carbonyl (C=O) groups is 2. The summed E-state index contributed by atoms with van der Waals surface area (Å²) in [6.45, 7) is 6.90. The number of para-hydroxylation sites is 1. The number of carbonyl (C=O) groups excluding carboxylic acids is 2. The third-order valence-electron chi connectivity index (χ3n) is 5.29. The van der Waals surface area contributed by atoms with Crippen molar-refractivity contribution in [3.8, 4) is 17.1 Å². The first-order chi connectivity index (χ1) is 15.4. The Morgan fingerprint density at radius 3 is 2.47 bits per heavy atom. The second-order valence-corrected chi connectivity index (χ2v) is 9.59. The minimum Gasteiger partial charge on any atom is -0.336 e. The van der Waals surface area contributed by atoms with Crippen LogP contribution in [-0.4, -0.2) is 49.9 Å². The van der Waals surface area contributed by atoms with Crippen LogP contribution in [0.4, 0.5) is 4.79 Å². The van der Waals surface area contributed by atoms with Gasteiger partial charge in [-0.05, 0) is 48.7 Å². The standard InChI is InChI=1S/C23H24ClN5O2S/c1-14(2)18-6-4-5-7-19(18)29-20(16-8-10-17(24)11-9-16)26-27-23(29)32-15(3)21(30)28-13-12-25-22(28)31/h4-11,14-15H,12-13H2,1-3H3,(H,25,31). The Bertz CT molecular complexity index is 1150. The van der Waals surface area contributed by atoms with Gasteiger partial charge in [-0.25, -0.2) is 4.79 Å². The molecule has 1 aliphatic heterocycles. The molecule has 0 bridgehead atoms. The van der Waals surface area contributed by atoms with Gasteiger partial charge in [0.1, 0.15) is 0 Å². The maximum atomic E-state index is 12.9. The van der Waals surface area contributed by atoms with Crippen molar-refractivity contribution in [1.29, 1.82) is 0 Å². The van der Waals surface area contributed by atoms with Crippen LogP contribution in [-0.2, 0) is 4.79 Å². The molecule has 7 nitrogen and oxygen atoms in total.